The predicted octanol–water partition coefficient (Wildman–Crippen LogP) is 0.814. The van der Waals surface area contributed by atoms with Crippen molar-refractivity contribution in [1.29, 1.82) is 0 Å². The molecule has 1 aromatic rings. The van der Waals surface area contributed by atoms with Gasteiger partial charge in [-0.25, -0.2) is 4.98 Å². The van der Waals surface area contributed by atoms with E-state index in [1.54, 1.807) is 18.3 Å². The molecule has 0 saturated carbocycles. The van der Waals surface area contributed by atoms with Gasteiger partial charge in [-0.2, -0.15) is 0 Å². The zero-order valence-electron chi connectivity index (χ0n) is 11.8. The molecule has 0 unspecified atom stereocenters. The van der Waals surface area contributed by atoms with E-state index in [9.17, 15) is 4.79 Å². The van der Waals surface area contributed by atoms with E-state index in [4.69, 9.17) is 19.3 Å². The van der Waals surface area contributed by atoms with Gasteiger partial charge in [0.1, 0.15) is 0 Å². The van der Waals surface area contributed by atoms with Gasteiger partial charge in [0.05, 0.1) is 13.5 Å². The van der Waals surface area contributed by atoms with E-state index >= 15 is 0 Å². The van der Waals surface area contributed by atoms with Gasteiger partial charge in [0.2, 0.25) is 5.88 Å². The topological polar surface area (TPSA) is 89.9 Å². The molecule has 1 rings (SSSR count). The molecule has 7 heteroatoms. The second-order valence-corrected chi connectivity index (χ2v) is 4.09. The van der Waals surface area contributed by atoms with Crippen molar-refractivity contribution in [1.82, 2.24) is 10.3 Å². The molecule has 0 aliphatic carbocycles. The molecule has 0 aliphatic rings. The molecule has 0 fully saturated rings. The number of carboxylic acids is 1. The van der Waals surface area contributed by atoms with E-state index in [1.165, 1.54) is 21.3 Å². The van der Waals surface area contributed by atoms with Crippen molar-refractivity contribution in [2.75, 3.05) is 27.9 Å². The molecule has 1 atom stereocenters. The molecule has 2 N–H and O–H groups in total. The molecule has 0 amide bonds. The van der Waals surface area contributed by atoms with Gasteiger partial charge in [-0.05, 0) is 5.56 Å². The summed E-state index contributed by atoms with van der Waals surface area (Å²) in [6.07, 6.45) is 1.10. The number of hydrogen-bond donors (Lipinski definition) is 2. The molecular weight excluding hydrogens is 264 g/mol. The number of pyridine rings is 1. The SMILES string of the molecule is COc1ccc([C@H](CC(=O)O)NCC(OC)OC)cn1. The second kappa shape index (κ2) is 8.47. The average Bonchev–Trinajstić information content (AvgIpc) is 2.46. The van der Waals surface area contributed by atoms with Crippen LogP contribution in [-0.4, -0.2) is 50.2 Å². The molecule has 0 spiro atoms. The molecule has 112 valence electrons. The average molecular weight is 284 g/mol. The third kappa shape index (κ3) is 5.12. The highest BCUT2D eigenvalue weighted by atomic mass is 16.7. The number of carbonyl (C=O) groups is 1. The molecular formula is C13H20N2O5. The number of hydrogen-bond acceptors (Lipinski definition) is 6. The lowest BCUT2D eigenvalue weighted by Gasteiger charge is -2.20. The van der Waals surface area contributed by atoms with Gasteiger partial charge in [-0.3, -0.25) is 4.79 Å². The van der Waals surface area contributed by atoms with Gasteiger partial charge < -0.3 is 24.6 Å². The Labute approximate surface area is 117 Å². The van der Waals surface area contributed by atoms with Crippen molar-refractivity contribution in [3.05, 3.63) is 23.9 Å². The van der Waals surface area contributed by atoms with Crippen LogP contribution in [0.3, 0.4) is 0 Å². The zero-order chi connectivity index (χ0) is 15.0. The van der Waals surface area contributed by atoms with Crippen LogP contribution < -0.4 is 10.1 Å². The predicted molar refractivity (Wildman–Crippen MR) is 71.6 cm³/mol. The number of aromatic nitrogens is 1. The molecule has 7 nitrogen and oxygen atoms in total. The monoisotopic (exact) mass is 284 g/mol. The van der Waals surface area contributed by atoms with E-state index in [0.717, 1.165) is 5.56 Å². The third-order valence-corrected chi connectivity index (χ3v) is 2.81. The Hall–Kier alpha value is -1.70. The van der Waals surface area contributed by atoms with E-state index in [1.807, 2.05) is 0 Å². The standard InChI is InChI=1S/C13H20N2O5/c1-18-11-5-4-9(7-15-11)10(6-12(16)17)14-8-13(19-2)20-3/h4-5,7,10,13-14H,6,8H2,1-3H3,(H,16,17)/t10-/m0/s1. The first-order valence-corrected chi connectivity index (χ1v) is 6.11. The fourth-order valence-electron chi connectivity index (χ4n) is 1.70. The van der Waals surface area contributed by atoms with Crippen molar-refractivity contribution in [2.24, 2.45) is 0 Å². The van der Waals surface area contributed by atoms with Crippen LogP contribution in [0.4, 0.5) is 0 Å². The van der Waals surface area contributed by atoms with E-state index < -0.39 is 12.3 Å². The molecule has 0 radical (unpaired) electrons. The van der Waals surface area contributed by atoms with Crippen LogP contribution >= 0.6 is 0 Å². The number of nitrogens with zero attached hydrogens (tertiary/aromatic N) is 1. The summed E-state index contributed by atoms with van der Waals surface area (Å²) in [6, 6.07) is 3.09. The van der Waals surface area contributed by atoms with Crippen LogP contribution in [0.5, 0.6) is 5.88 Å². The number of methoxy groups -OCH3 is 3. The molecule has 1 heterocycles. The Bertz CT molecular complexity index is 406. The van der Waals surface area contributed by atoms with Crippen molar-refractivity contribution >= 4 is 5.97 Å². The van der Waals surface area contributed by atoms with Gasteiger partial charge in [0, 0.05) is 39.1 Å². The second-order valence-electron chi connectivity index (χ2n) is 4.09. The minimum Gasteiger partial charge on any atom is -0.481 e. The maximum absolute atomic E-state index is 10.9. The Morgan fingerprint density at radius 1 is 1.35 bits per heavy atom. The Morgan fingerprint density at radius 3 is 2.50 bits per heavy atom. The van der Waals surface area contributed by atoms with Crippen molar-refractivity contribution < 1.29 is 24.1 Å². The fraction of sp³-hybridized carbons (Fsp3) is 0.538. The normalized spacial score (nSPS) is 12.4. The number of rotatable bonds is 9. The summed E-state index contributed by atoms with van der Waals surface area (Å²) in [4.78, 5) is 15.0. The Morgan fingerprint density at radius 2 is 2.05 bits per heavy atom. The van der Waals surface area contributed by atoms with Crippen LogP contribution in [0.1, 0.15) is 18.0 Å². The van der Waals surface area contributed by atoms with Gasteiger partial charge in [0.15, 0.2) is 6.29 Å². The summed E-state index contributed by atoms with van der Waals surface area (Å²) < 4.78 is 15.1. The number of nitrogens with one attached hydrogen (secondary N) is 1. The minimum absolute atomic E-state index is 0.0614. The number of aliphatic carboxylic acids is 1. The van der Waals surface area contributed by atoms with Crippen molar-refractivity contribution in [3.8, 4) is 5.88 Å². The molecule has 0 saturated heterocycles. The summed E-state index contributed by atoms with van der Waals surface area (Å²) in [5.74, 6) is -0.417. The number of ether oxygens (including phenoxy) is 3. The molecule has 0 aromatic carbocycles. The van der Waals surface area contributed by atoms with Crippen molar-refractivity contribution in [3.63, 3.8) is 0 Å². The van der Waals surface area contributed by atoms with Crippen LogP contribution in [0, 0.1) is 0 Å². The molecule has 0 aliphatic heterocycles. The van der Waals surface area contributed by atoms with E-state index in [-0.39, 0.29) is 12.5 Å². The van der Waals surface area contributed by atoms with Crippen LogP contribution in [0.2, 0.25) is 0 Å². The van der Waals surface area contributed by atoms with E-state index in [2.05, 4.69) is 10.3 Å². The Balaban J connectivity index is 2.74. The lowest BCUT2D eigenvalue weighted by Crippen LogP contribution is -2.33. The van der Waals surface area contributed by atoms with Crippen LogP contribution in [0.15, 0.2) is 18.3 Å². The number of carboxylic acid groups (broad SMARTS) is 1. The van der Waals surface area contributed by atoms with Crippen LogP contribution in [-0.2, 0) is 14.3 Å². The quantitative estimate of drug-likeness (QED) is 0.649. The first-order valence-electron chi connectivity index (χ1n) is 6.11. The minimum atomic E-state index is -0.898. The lowest BCUT2D eigenvalue weighted by molar-refractivity contribution is -0.138. The van der Waals surface area contributed by atoms with E-state index in [0.29, 0.717) is 12.4 Å². The summed E-state index contributed by atoms with van der Waals surface area (Å²) in [5, 5.41) is 12.1. The summed E-state index contributed by atoms with van der Waals surface area (Å²) in [7, 11) is 4.57. The summed E-state index contributed by atoms with van der Waals surface area (Å²) in [5.41, 5.74) is 0.763. The third-order valence-electron chi connectivity index (χ3n) is 2.81. The fourth-order valence-corrected chi connectivity index (χ4v) is 1.70. The summed E-state index contributed by atoms with van der Waals surface area (Å²) >= 11 is 0. The smallest absolute Gasteiger partial charge is 0.305 e. The molecule has 0 bridgehead atoms. The van der Waals surface area contributed by atoms with Crippen molar-refractivity contribution in [2.45, 2.75) is 18.8 Å². The van der Waals surface area contributed by atoms with Crippen LogP contribution in [0.25, 0.3) is 0 Å². The van der Waals surface area contributed by atoms with Gasteiger partial charge in [-0.1, -0.05) is 6.07 Å². The highest BCUT2D eigenvalue weighted by molar-refractivity contribution is 5.67. The zero-order valence-corrected chi connectivity index (χ0v) is 11.8. The Kier molecular flexibility index (Phi) is 6.92. The summed E-state index contributed by atoms with van der Waals surface area (Å²) in [6.45, 7) is 0.372. The highest BCUT2D eigenvalue weighted by Crippen LogP contribution is 2.18. The maximum atomic E-state index is 10.9. The van der Waals surface area contributed by atoms with Gasteiger partial charge in [-0.15, -0.1) is 0 Å². The maximum Gasteiger partial charge on any atom is 0.305 e. The first kappa shape index (κ1) is 16.4. The van der Waals surface area contributed by atoms with Gasteiger partial charge >= 0.3 is 5.97 Å². The van der Waals surface area contributed by atoms with Gasteiger partial charge in [0.25, 0.3) is 0 Å². The highest BCUT2D eigenvalue weighted by Gasteiger charge is 2.17. The lowest BCUT2D eigenvalue weighted by atomic mass is 10.1. The largest absolute Gasteiger partial charge is 0.481 e. The molecule has 20 heavy (non-hydrogen) atoms. The molecule has 1 aromatic heterocycles. The first-order chi connectivity index (χ1) is 9.60.